The van der Waals surface area contributed by atoms with Crippen LogP contribution in [0.3, 0.4) is 0 Å². The lowest BCUT2D eigenvalue weighted by atomic mass is 10.0. The van der Waals surface area contributed by atoms with Gasteiger partial charge < -0.3 is 16.0 Å². The number of hydrogen-bond acceptors (Lipinski definition) is 3. The quantitative estimate of drug-likeness (QED) is 0.728. The van der Waals surface area contributed by atoms with Crippen molar-refractivity contribution in [3.05, 3.63) is 0 Å². The van der Waals surface area contributed by atoms with Gasteiger partial charge in [0.1, 0.15) is 0 Å². The molecule has 1 heterocycles. The van der Waals surface area contributed by atoms with Crippen LogP contribution in [0, 0.1) is 5.92 Å². The summed E-state index contributed by atoms with van der Waals surface area (Å²) in [7, 11) is 2.10. The molecule has 4 heteroatoms. The Kier molecular flexibility index (Phi) is 5.92. The maximum atomic E-state index is 11.9. The Morgan fingerprint density at radius 1 is 1.47 bits per heavy atom. The number of hydrogen-bond donors (Lipinski definition) is 2. The second-order valence-corrected chi connectivity index (χ2v) is 5.57. The van der Waals surface area contributed by atoms with Crippen LogP contribution in [-0.2, 0) is 4.79 Å². The van der Waals surface area contributed by atoms with Gasteiger partial charge >= 0.3 is 0 Å². The fourth-order valence-corrected chi connectivity index (χ4v) is 2.27. The maximum Gasteiger partial charge on any atom is 0.223 e. The molecule has 1 rings (SSSR count). The second-order valence-electron chi connectivity index (χ2n) is 5.57. The van der Waals surface area contributed by atoms with E-state index in [9.17, 15) is 4.79 Å². The number of amides is 1. The van der Waals surface area contributed by atoms with Gasteiger partial charge in [0.05, 0.1) is 0 Å². The number of nitrogens with two attached hydrogens (primary N) is 1. The van der Waals surface area contributed by atoms with Crippen LogP contribution in [0.1, 0.15) is 39.5 Å². The number of nitrogens with zero attached hydrogens (tertiary/aromatic N) is 1. The molecule has 0 aromatic heterocycles. The molecule has 1 amide bonds. The van der Waals surface area contributed by atoms with E-state index in [1.54, 1.807) is 0 Å². The van der Waals surface area contributed by atoms with Crippen LogP contribution in [0.15, 0.2) is 0 Å². The van der Waals surface area contributed by atoms with Gasteiger partial charge in [-0.1, -0.05) is 13.3 Å². The summed E-state index contributed by atoms with van der Waals surface area (Å²) in [5.74, 6) is 0.314. The second kappa shape index (κ2) is 6.97. The standard InChI is InChI=1S/C13H27N3O/c1-10(5-4-6-11(2)14)13(17)15-12-7-8-16(3)9-12/h10-12H,4-9,14H2,1-3H3,(H,15,17). The van der Waals surface area contributed by atoms with Gasteiger partial charge in [0, 0.05) is 24.5 Å². The van der Waals surface area contributed by atoms with E-state index in [4.69, 9.17) is 5.73 Å². The molecule has 0 radical (unpaired) electrons. The Morgan fingerprint density at radius 2 is 2.18 bits per heavy atom. The van der Waals surface area contributed by atoms with Crippen molar-refractivity contribution in [1.29, 1.82) is 0 Å². The molecule has 1 aliphatic rings. The van der Waals surface area contributed by atoms with Crippen molar-refractivity contribution in [2.24, 2.45) is 11.7 Å². The largest absolute Gasteiger partial charge is 0.352 e. The van der Waals surface area contributed by atoms with Gasteiger partial charge in [-0.25, -0.2) is 0 Å². The Bertz CT molecular complexity index is 243. The number of nitrogens with one attached hydrogen (secondary N) is 1. The summed E-state index contributed by atoms with van der Waals surface area (Å²) in [6.45, 7) is 6.09. The Balaban J connectivity index is 2.18. The fraction of sp³-hybridized carbons (Fsp3) is 0.923. The highest BCUT2D eigenvalue weighted by Crippen LogP contribution is 2.11. The zero-order valence-corrected chi connectivity index (χ0v) is 11.4. The van der Waals surface area contributed by atoms with E-state index in [0.717, 1.165) is 38.8 Å². The monoisotopic (exact) mass is 241 g/mol. The number of likely N-dealkylation sites (tertiary alicyclic amines) is 1. The minimum atomic E-state index is 0.111. The van der Waals surface area contributed by atoms with Crippen molar-refractivity contribution in [3.63, 3.8) is 0 Å². The van der Waals surface area contributed by atoms with Gasteiger partial charge in [-0.3, -0.25) is 4.79 Å². The molecule has 3 atom stereocenters. The summed E-state index contributed by atoms with van der Waals surface area (Å²) in [6.07, 6.45) is 4.06. The van der Waals surface area contributed by atoms with Crippen LogP contribution >= 0.6 is 0 Å². The van der Waals surface area contributed by atoms with Gasteiger partial charge in [-0.2, -0.15) is 0 Å². The predicted molar refractivity (Wildman–Crippen MR) is 70.7 cm³/mol. The zero-order valence-electron chi connectivity index (χ0n) is 11.4. The molecule has 3 unspecified atom stereocenters. The molecule has 1 aliphatic heterocycles. The van der Waals surface area contributed by atoms with Crippen LogP contribution in [-0.4, -0.2) is 43.0 Å². The van der Waals surface area contributed by atoms with E-state index in [0.29, 0.717) is 6.04 Å². The van der Waals surface area contributed by atoms with Gasteiger partial charge in [0.25, 0.3) is 0 Å². The van der Waals surface area contributed by atoms with E-state index in [-0.39, 0.29) is 17.9 Å². The van der Waals surface area contributed by atoms with Crippen molar-refractivity contribution in [2.75, 3.05) is 20.1 Å². The van der Waals surface area contributed by atoms with Crippen LogP contribution in [0.4, 0.5) is 0 Å². The highest BCUT2D eigenvalue weighted by molar-refractivity contribution is 5.78. The van der Waals surface area contributed by atoms with E-state index in [2.05, 4.69) is 17.3 Å². The summed E-state index contributed by atoms with van der Waals surface area (Å²) in [4.78, 5) is 14.2. The molecule has 0 spiro atoms. The normalized spacial score (nSPS) is 24.6. The third-order valence-electron chi connectivity index (χ3n) is 3.48. The molecule has 0 saturated carbocycles. The van der Waals surface area contributed by atoms with Crippen LogP contribution in [0.2, 0.25) is 0 Å². The molecular weight excluding hydrogens is 214 g/mol. The van der Waals surface area contributed by atoms with Gasteiger partial charge in [-0.05, 0) is 39.8 Å². The number of carbonyl (C=O) groups excluding carboxylic acids is 1. The van der Waals surface area contributed by atoms with Crippen molar-refractivity contribution >= 4 is 5.91 Å². The first-order chi connectivity index (χ1) is 7.99. The van der Waals surface area contributed by atoms with Crippen molar-refractivity contribution < 1.29 is 4.79 Å². The molecule has 3 N–H and O–H groups in total. The van der Waals surface area contributed by atoms with E-state index in [1.165, 1.54) is 0 Å². The number of likely N-dealkylation sites (N-methyl/N-ethyl adjacent to an activating group) is 1. The number of rotatable bonds is 6. The maximum absolute atomic E-state index is 11.9. The fourth-order valence-electron chi connectivity index (χ4n) is 2.27. The van der Waals surface area contributed by atoms with Crippen molar-refractivity contribution in [2.45, 2.75) is 51.6 Å². The van der Waals surface area contributed by atoms with Crippen LogP contribution < -0.4 is 11.1 Å². The van der Waals surface area contributed by atoms with Crippen molar-refractivity contribution in [1.82, 2.24) is 10.2 Å². The minimum Gasteiger partial charge on any atom is -0.352 e. The molecule has 0 aromatic rings. The van der Waals surface area contributed by atoms with Crippen LogP contribution in [0.5, 0.6) is 0 Å². The lowest BCUT2D eigenvalue weighted by Crippen LogP contribution is -2.39. The SMILES string of the molecule is CC(N)CCCC(C)C(=O)NC1CCN(C)C1. The molecule has 0 aromatic carbocycles. The topological polar surface area (TPSA) is 58.4 Å². The lowest BCUT2D eigenvalue weighted by molar-refractivity contribution is -0.125. The first kappa shape index (κ1) is 14.5. The Labute approximate surface area is 105 Å². The molecule has 1 saturated heterocycles. The molecule has 0 bridgehead atoms. The highest BCUT2D eigenvalue weighted by Gasteiger charge is 2.23. The lowest BCUT2D eigenvalue weighted by Gasteiger charge is -2.17. The molecule has 1 fully saturated rings. The third kappa shape index (κ3) is 5.50. The van der Waals surface area contributed by atoms with Gasteiger partial charge in [-0.15, -0.1) is 0 Å². The Morgan fingerprint density at radius 3 is 2.71 bits per heavy atom. The first-order valence-electron chi connectivity index (χ1n) is 6.73. The average molecular weight is 241 g/mol. The molecule has 17 heavy (non-hydrogen) atoms. The van der Waals surface area contributed by atoms with E-state index >= 15 is 0 Å². The molecular formula is C13H27N3O. The summed E-state index contributed by atoms with van der Waals surface area (Å²) in [5, 5.41) is 3.14. The van der Waals surface area contributed by atoms with Gasteiger partial charge in [0.2, 0.25) is 5.91 Å². The highest BCUT2D eigenvalue weighted by atomic mass is 16.1. The van der Waals surface area contributed by atoms with E-state index < -0.39 is 0 Å². The first-order valence-corrected chi connectivity index (χ1v) is 6.73. The zero-order chi connectivity index (χ0) is 12.8. The molecule has 100 valence electrons. The van der Waals surface area contributed by atoms with Crippen LogP contribution in [0.25, 0.3) is 0 Å². The predicted octanol–water partition coefficient (Wildman–Crippen LogP) is 0.960. The van der Waals surface area contributed by atoms with E-state index in [1.807, 2.05) is 13.8 Å². The summed E-state index contributed by atoms with van der Waals surface area (Å²) in [5.41, 5.74) is 5.70. The molecule has 0 aliphatic carbocycles. The summed E-state index contributed by atoms with van der Waals surface area (Å²) < 4.78 is 0. The summed E-state index contributed by atoms with van der Waals surface area (Å²) in [6, 6.07) is 0.595. The third-order valence-corrected chi connectivity index (χ3v) is 3.48. The summed E-state index contributed by atoms with van der Waals surface area (Å²) >= 11 is 0. The van der Waals surface area contributed by atoms with Crippen molar-refractivity contribution in [3.8, 4) is 0 Å². The average Bonchev–Trinajstić information content (AvgIpc) is 2.63. The van der Waals surface area contributed by atoms with Gasteiger partial charge in [0.15, 0.2) is 0 Å². The number of carbonyl (C=O) groups is 1. The minimum absolute atomic E-state index is 0.111. The molecule has 4 nitrogen and oxygen atoms in total. The Hall–Kier alpha value is -0.610. The smallest absolute Gasteiger partial charge is 0.223 e.